The standard InChI is InChI=1S/C30H46O5/c1-9-27(5)12-10-13-28(6)23(27)11-14-29(7)24-15-22(34-19(3)32)21(18(2)31)17-30(24,8)26(16-25(28)29)35-20(4)33/h17,22-26H,9-16H2,1-8H3/t22-,23+,24+,25-,26+,27+,28+,29+,30-/m1/s1. The van der Waals surface area contributed by atoms with Gasteiger partial charge in [-0.05, 0) is 79.4 Å². The molecule has 0 heterocycles. The summed E-state index contributed by atoms with van der Waals surface area (Å²) >= 11 is 0. The summed E-state index contributed by atoms with van der Waals surface area (Å²) in [5.41, 5.74) is 0.618. The van der Waals surface area contributed by atoms with Crippen LogP contribution in [0.25, 0.3) is 0 Å². The Hall–Kier alpha value is -1.65. The number of ketones is 1. The lowest BCUT2D eigenvalue weighted by molar-refractivity contribution is -0.229. The molecule has 0 bridgehead atoms. The first-order valence-electron chi connectivity index (χ1n) is 13.8. The second-order valence-electron chi connectivity index (χ2n) is 13.3. The zero-order valence-corrected chi connectivity index (χ0v) is 23.2. The van der Waals surface area contributed by atoms with Crippen LogP contribution in [0.15, 0.2) is 11.6 Å². The van der Waals surface area contributed by atoms with Crippen molar-refractivity contribution in [3.05, 3.63) is 11.6 Å². The van der Waals surface area contributed by atoms with Crippen molar-refractivity contribution in [3.8, 4) is 0 Å². The number of hydrogen-bond acceptors (Lipinski definition) is 5. The van der Waals surface area contributed by atoms with Crippen LogP contribution in [0.3, 0.4) is 0 Å². The fourth-order valence-electron chi connectivity index (χ4n) is 9.78. The van der Waals surface area contributed by atoms with Gasteiger partial charge in [0.2, 0.25) is 0 Å². The van der Waals surface area contributed by atoms with Crippen molar-refractivity contribution >= 4 is 17.7 Å². The molecular formula is C30H46O5. The van der Waals surface area contributed by atoms with E-state index in [1.54, 1.807) is 6.92 Å². The second-order valence-corrected chi connectivity index (χ2v) is 13.3. The third-order valence-electron chi connectivity index (χ3n) is 11.4. The van der Waals surface area contributed by atoms with Crippen molar-refractivity contribution in [1.82, 2.24) is 0 Å². The van der Waals surface area contributed by atoms with E-state index in [9.17, 15) is 14.4 Å². The molecule has 0 amide bonds. The molecule has 0 unspecified atom stereocenters. The highest BCUT2D eigenvalue weighted by Crippen LogP contribution is 2.72. The Kier molecular flexibility index (Phi) is 6.59. The van der Waals surface area contributed by atoms with Gasteiger partial charge in [-0.3, -0.25) is 14.4 Å². The van der Waals surface area contributed by atoms with Crippen LogP contribution in [0.5, 0.6) is 0 Å². The molecular weight excluding hydrogens is 440 g/mol. The van der Waals surface area contributed by atoms with E-state index in [1.807, 2.05) is 6.08 Å². The quantitative estimate of drug-likeness (QED) is 0.428. The molecule has 0 aliphatic heterocycles. The summed E-state index contributed by atoms with van der Waals surface area (Å²) in [4.78, 5) is 37.0. The van der Waals surface area contributed by atoms with Gasteiger partial charge in [-0.15, -0.1) is 0 Å². The van der Waals surface area contributed by atoms with Gasteiger partial charge >= 0.3 is 11.9 Å². The smallest absolute Gasteiger partial charge is 0.303 e. The highest BCUT2D eigenvalue weighted by molar-refractivity contribution is 5.95. The van der Waals surface area contributed by atoms with Gasteiger partial charge in [0.1, 0.15) is 12.2 Å². The summed E-state index contributed by atoms with van der Waals surface area (Å²) in [5.74, 6) is 0.516. The minimum Gasteiger partial charge on any atom is -0.462 e. The van der Waals surface area contributed by atoms with E-state index < -0.39 is 11.5 Å². The Balaban J connectivity index is 1.85. The van der Waals surface area contributed by atoms with E-state index in [0.29, 0.717) is 29.2 Å². The van der Waals surface area contributed by atoms with Crippen molar-refractivity contribution in [3.63, 3.8) is 0 Å². The van der Waals surface area contributed by atoms with Gasteiger partial charge < -0.3 is 9.47 Å². The van der Waals surface area contributed by atoms with Gasteiger partial charge in [0.15, 0.2) is 5.78 Å². The molecule has 0 saturated heterocycles. The number of rotatable bonds is 4. The van der Waals surface area contributed by atoms with Crippen LogP contribution in [0.2, 0.25) is 0 Å². The molecule has 196 valence electrons. The average molecular weight is 487 g/mol. The molecule has 3 fully saturated rings. The summed E-state index contributed by atoms with van der Waals surface area (Å²) in [7, 11) is 0. The zero-order chi connectivity index (χ0) is 26.0. The number of ether oxygens (including phenoxy) is 2. The number of carbonyl (C=O) groups is 3. The van der Waals surface area contributed by atoms with Crippen molar-refractivity contribution < 1.29 is 23.9 Å². The third-order valence-corrected chi connectivity index (χ3v) is 11.4. The Morgan fingerprint density at radius 2 is 1.49 bits per heavy atom. The number of hydrogen-bond donors (Lipinski definition) is 0. The molecule has 35 heavy (non-hydrogen) atoms. The fourth-order valence-corrected chi connectivity index (χ4v) is 9.78. The Morgan fingerprint density at radius 3 is 2.06 bits per heavy atom. The van der Waals surface area contributed by atoms with Crippen molar-refractivity contribution in [2.24, 2.45) is 39.4 Å². The number of esters is 2. The largest absolute Gasteiger partial charge is 0.462 e. The van der Waals surface area contributed by atoms with E-state index in [0.717, 1.165) is 12.8 Å². The van der Waals surface area contributed by atoms with Crippen molar-refractivity contribution in [2.45, 2.75) is 119 Å². The molecule has 0 N–H and O–H groups in total. The fraction of sp³-hybridized carbons (Fsp3) is 0.833. The van der Waals surface area contributed by atoms with Crippen molar-refractivity contribution in [1.29, 1.82) is 0 Å². The Bertz CT molecular complexity index is 937. The summed E-state index contributed by atoms with van der Waals surface area (Å²) in [6.07, 6.45) is 9.92. The molecule has 5 nitrogen and oxygen atoms in total. The highest BCUT2D eigenvalue weighted by atomic mass is 16.5. The topological polar surface area (TPSA) is 69.7 Å². The van der Waals surface area contributed by atoms with Crippen LogP contribution in [0, 0.1) is 39.4 Å². The van der Waals surface area contributed by atoms with Crippen LogP contribution in [-0.2, 0) is 23.9 Å². The lowest BCUT2D eigenvalue weighted by atomic mass is 9.35. The van der Waals surface area contributed by atoms with Gasteiger partial charge in [0.25, 0.3) is 0 Å². The average Bonchev–Trinajstić information content (AvgIpc) is 2.75. The Morgan fingerprint density at radius 1 is 0.857 bits per heavy atom. The van der Waals surface area contributed by atoms with Crippen LogP contribution in [-0.4, -0.2) is 29.9 Å². The maximum atomic E-state index is 12.7. The molecule has 9 atom stereocenters. The molecule has 4 rings (SSSR count). The zero-order valence-electron chi connectivity index (χ0n) is 23.2. The third kappa shape index (κ3) is 4.00. The first-order chi connectivity index (χ1) is 16.2. The molecule has 4 aliphatic carbocycles. The van der Waals surface area contributed by atoms with Gasteiger partial charge in [-0.25, -0.2) is 0 Å². The van der Waals surface area contributed by atoms with Crippen LogP contribution < -0.4 is 0 Å². The number of carbonyl (C=O) groups excluding carboxylic acids is 3. The number of fused-ring (bicyclic) bond motifs is 5. The van der Waals surface area contributed by atoms with Crippen LogP contribution in [0.4, 0.5) is 0 Å². The molecule has 4 aliphatic rings. The summed E-state index contributed by atoms with van der Waals surface area (Å²) < 4.78 is 11.8. The molecule has 0 spiro atoms. The second kappa shape index (κ2) is 8.73. The molecule has 0 aromatic heterocycles. The van der Waals surface area contributed by atoms with Gasteiger partial charge in [0.05, 0.1) is 0 Å². The maximum absolute atomic E-state index is 12.7. The van der Waals surface area contributed by atoms with E-state index in [1.165, 1.54) is 46.0 Å². The predicted molar refractivity (Wildman–Crippen MR) is 135 cm³/mol. The summed E-state index contributed by atoms with van der Waals surface area (Å²) in [6.45, 7) is 16.4. The Labute approximate surface area is 211 Å². The highest BCUT2D eigenvalue weighted by Gasteiger charge is 2.68. The monoisotopic (exact) mass is 486 g/mol. The normalized spacial score (nSPS) is 46.9. The predicted octanol–water partition coefficient (Wildman–Crippen LogP) is 6.43. The summed E-state index contributed by atoms with van der Waals surface area (Å²) in [5, 5.41) is 0. The number of Topliss-reactive ketones (excluding diaryl/α,β-unsaturated/α-hetero) is 1. The lowest BCUT2D eigenvalue weighted by Gasteiger charge is -2.70. The molecule has 5 heteroatoms. The van der Waals surface area contributed by atoms with E-state index >= 15 is 0 Å². The van der Waals surface area contributed by atoms with E-state index in [4.69, 9.17) is 9.47 Å². The van der Waals surface area contributed by atoms with E-state index in [2.05, 4.69) is 34.6 Å². The SMILES string of the molecule is CC[C@@]1(C)CCC[C@]2(C)[C@H]3C[C@H](OC(C)=O)[C@]4(C)C=C(C(C)=O)[C@H](OC(C)=O)C[C@H]4[C@]3(C)CC[C@@H]12. The van der Waals surface area contributed by atoms with Crippen LogP contribution in [0.1, 0.15) is 107 Å². The van der Waals surface area contributed by atoms with Gasteiger partial charge in [0, 0.05) is 24.8 Å². The van der Waals surface area contributed by atoms with Crippen molar-refractivity contribution in [2.75, 3.05) is 0 Å². The molecule has 0 aromatic carbocycles. The maximum Gasteiger partial charge on any atom is 0.303 e. The first-order valence-corrected chi connectivity index (χ1v) is 13.8. The molecule has 3 saturated carbocycles. The lowest BCUT2D eigenvalue weighted by Crippen LogP contribution is -2.66. The first kappa shape index (κ1) is 26.4. The molecule has 0 radical (unpaired) electrons. The van der Waals surface area contributed by atoms with E-state index in [-0.39, 0.29) is 40.6 Å². The van der Waals surface area contributed by atoms with Gasteiger partial charge in [-0.1, -0.05) is 53.5 Å². The summed E-state index contributed by atoms with van der Waals surface area (Å²) in [6, 6.07) is 0. The minimum absolute atomic E-state index is 0.0137. The minimum atomic E-state index is -0.533. The molecule has 0 aromatic rings. The van der Waals surface area contributed by atoms with Gasteiger partial charge in [-0.2, -0.15) is 0 Å². The van der Waals surface area contributed by atoms with Crippen LogP contribution >= 0.6 is 0 Å².